The van der Waals surface area contributed by atoms with Crippen LogP contribution < -0.4 is 4.74 Å². The Kier molecular flexibility index (Phi) is 6.92. The standard InChI is InChI=1S/C16H16O6.C2H6/c1-22-15-6-9(2-4-11(15)18)3-5-12(19)16-13(20)7-10(17)8-14(16)21;1-2/h2,4,6-8,17-18,20-21H,3,5H2,1H3;1-2H3. The van der Waals surface area contributed by atoms with E-state index in [9.17, 15) is 25.2 Å². The molecule has 6 heteroatoms. The van der Waals surface area contributed by atoms with Gasteiger partial charge in [0.25, 0.3) is 0 Å². The van der Waals surface area contributed by atoms with Crippen molar-refractivity contribution in [1.82, 2.24) is 0 Å². The van der Waals surface area contributed by atoms with Gasteiger partial charge in [-0.3, -0.25) is 4.79 Å². The van der Waals surface area contributed by atoms with Gasteiger partial charge in [-0.05, 0) is 24.1 Å². The lowest BCUT2D eigenvalue weighted by atomic mass is 10.0. The second-order valence-corrected chi connectivity index (χ2v) is 4.79. The highest BCUT2D eigenvalue weighted by molar-refractivity contribution is 6.01. The summed E-state index contributed by atoms with van der Waals surface area (Å²) in [7, 11) is 1.43. The van der Waals surface area contributed by atoms with Crippen LogP contribution in [0.3, 0.4) is 0 Å². The molecule has 0 heterocycles. The van der Waals surface area contributed by atoms with Gasteiger partial charge in [0.1, 0.15) is 22.8 Å². The second kappa shape index (κ2) is 8.67. The number of hydrogen-bond donors (Lipinski definition) is 4. The summed E-state index contributed by atoms with van der Waals surface area (Å²) >= 11 is 0. The number of phenolic OH excluding ortho intramolecular Hbond substituents is 4. The fraction of sp³-hybridized carbons (Fsp3) is 0.278. The summed E-state index contributed by atoms with van der Waals surface area (Å²) < 4.78 is 4.99. The quantitative estimate of drug-likeness (QED) is 0.625. The first-order chi connectivity index (χ1) is 11.4. The first-order valence-corrected chi connectivity index (χ1v) is 7.56. The minimum atomic E-state index is -0.467. The van der Waals surface area contributed by atoms with Crippen LogP contribution >= 0.6 is 0 Å². The Hall–Kier alpha value is -2.89. The maximum atomic E-state index is 12.1. The zero-order valence-corrected chi connectivity index (χ0v) is 13.9. The van der Waals surface area contributed by atoms with E-state index in [1.165, 1.54) is 13.2 Å². The van der Waals surface area contributed by atoms with E-state index in [-0.39, 0.29) is 23.5 Å². The van der Waals surface area contributed by atoms with Crippen LogP contribution in [0.5, 0.6) is 28.7 Å². The van der Waals surface area contributed by atoms with E-state index in [1.807, 2.05) is 13.8 Å². The van der Waals surface area contributed by atoms with Gasteiger partial charge in [0, 0.05) is 18.6 Å². The van der Waals surface area contributed by atoms with E-state index in [2.05, 4.69) is 0 Å². The van der Waals surface area contributed by atoms with Crippen molar-refractivity contribution in [2.24, 2.45) is 0 Å². The second-order valence-electron chi connectivity index (χ2n) is 4.79. The van der Waals surface area contributed by atoms with E-state index in [4.69, 9.17) is 4.74 Å². The topological polar surface area (TPSA) is 107 Å². The summed E-state index contributed by atoms with van der Waals surface area (Å²) in [5.41, 5.74) is 0.546. The molecule has 24 heavy (non-hydrogen) atoms. The highest BCUT2D eigenvalue weighted by Gasteiger charge is 2.17. The van der Waals surface area contributed by atoms with Crippen LogP contribution in [0, 0.1) is 0 Å². The highest BCUT2D eigenvalue weighted by Crippen LogP contribution is 2.33. The molecule has 6 nitrogen and oxygen atoms in total. The van der Waals surface area contributed by atoms with Crippen molar-refractivity contribution >= 4 is 5.78 Å². The van der Waals surface area contributed by atoms with Gasteiger partial charge in [-0.1, -0.05) is 19.9 Å². The Labute approximate surface area is 140 Å². The number of benzene rings is 2. The molecular formula is C18H22O6. The fourth-order valence-electron chi connectivity index (χ4n) is 2.14. The van der Waals surface area contributed by atoms with E-state index in [0.29, 0.717) is 12.2 Å². The summed E-state index contributed by atoms with van der Waals surface area (Å²) in [5, 5.41) is 38.1. The molecule has 0 aliphatic heterocycles. The molecule has 4 N–H and O–H groups in total. The van der Waals surface area contributed by atoms with Crippen molar-refractivity contribution in [2.75, 3.05) is 7.11 Å². The summed E-state index contributed by atoms with van der Waals surface area (Å²) in [6, 6.07) is 6.72. The van der Waals surface area contributed by atoms with E-state index in [0.717, 1.165) is 17.7 Å². The van der Waals surface area contributed by atoms with Crippen molar-refractivity contribution in [3.63, 3.8) is 0 Å². The average Bonchev–Trinajstić information content (AvgIpc) is 2.55. The number of phenols is 4. The van der Waals surface area contributed by atoms with Crippen molar-refractivity contribution in [1.29, 1.82) is 0 Å². The largest absolute Gasteiger partial charge is 0.508 e. The van der Waals surface area contributed by atoms with Crippen molar-refractivity contribution in [2.45, 2.75) is 26.7 Å². The molecule has 0 fully saturated rings. The molecule has 0 aliphatic carbocycles. The SMILES string of the molecule is CC.COc1cc(CCC(=O)c2c(O)cc(O)cc2O)ccc1O. The van der Waals surface area contributed by atoms with Crippen LogP contribution in [0.4, 0.5) is 0 Å². The van der Waals surface area contributed by atoms with Crippen molar-refractivity contribution < 1.29 is 30.0 Å². The lowest BCUT2D eigenvalue weighted by Gasteiger charge is -2.08. The summed E-state index contributed by atoms with van der Waals surface area (Å²) in [5.74, 6) is -1.40. The molecule has 0 saturated carbocycles. The zero-order valence-electron chi connectivity index (χ0n) is 13.9. The number of carbonyl (C=O) groups excluding carboxylic acids is 1. The summed E-state index contributed by atoms with van der Waals surface area (Å²) in [4.78, 5) is 12.1. The Morgan fingerprint density at radius 3 is 2.08 bits per heavy atom. The number of aryl methyl sites for hydroxylation is 1. The van der Waals surface area contributed by atoms with Crippen LogP contribution in [-0.4, -0.2) is 33.3 Å². The third-order valence-corrected chi connectivity index (χ3v) is 3.25. The number of Topliss-reactive ketones (excluding diaryl/α,β-unsaturated/α-hetero) is 1. The maximum Gasteiger partial charge on any atom is 0.170 e. The van der Waals surface area contributed by atoms with Gasteiger partial charge in [0.15, 0.2) is 17.3 Å². The number of ketones is 1. The minimum Gasteiger partial charge on any atom is -0.508 e. The number of ether oxygens (including phenoxy) is 1. The predicted octanol–water partition coefficient (Wildman–Crippen LogP) is 3.36. The Bertz CT molecular complexity index is 686. The molecule has 0 spiro atoms. The number of hydrogen-bond acceptors (Lipinski definition) is 6. The third kappa shape index (κ3) is 4.55. The smallest absolute Gasteiger partial charge is 0.170 e. The van der Waals surface area contributed by atoms with Crippen molar-refractivity contribution in [3.8, 4) is 28.7 Å². The molecule has 0 saturated heterocycles. The fourth-order valence-corrected chi connectivity index (χ4v) is 2.14. The first kappa shape index (κ1) is 19.2. The summed E-state index contributed by atoms with van der Waals surface area (Å²) in [6.45, 7) is 4.00. The Balaban J connectivity index is 0.00000139. The van der Waals surface area contributed by atoms with Crippen molar-refractivity contribution in [3.05, 3.63) is 41.5 Å². The van der Waals surface area contributed by atoms with Gasteiger partial charge in [-0.2, -0.15) is 0 Å². The molecule has 2 aromatic rings. The van der Waals surface area contributed by atoms with Gasteiger partial charge in [-0.15, -0.1) is 0 Å². The number of methoxy groups -OCH3 is 1. The van der Waals surface area contributed by atoms with Gasteiger partial charge >= 0.3 is 0 Å². The van der Waals surface area contributed by atoms with E-state index in [1.54, 1.807) is 12.1 Å². The molecule has 0 unspecified atom stereocenters. The predicted molar refractivity (Wildman–Crippen MR) is 90.1 cm³/mol. The molecule has 0 radical (unpaired) electrons. The van der Waals surface area contributed by atoms with Crippen LogP contribution in [0.1, 0.15) is 36.2 Å². The molecular weight excluding hydrogens is 312 g/mol. The molecule has 0 amide bonds. The van der Waals surface area contributed by atoms with Crippen LogP contribution in [0.2, 0.25) is 0 Å². The van der Waals surface area contributed by atoms with Gasteiger partial charge in [-0.25, -0.2) is 0 Å². The molecule has 0 bridgehead atoms. The van der Waals surface area contributed by atoms with Gasteiger partial charge in [0.2, 0.25) is 0 Å². The molecule has 2 rings (SSSR count). The summed E-state index contributed by atoms with van der Waals surface area (Å²) in [6.07, 6.45) is 0.384. The number of rotatable bonds is 5. The number of carbonyl (C=O) groups is 1. The van der Waals surface area contributed by atoms with Crippen LogP contribution in [0.25, 0.3) is 0 Å². The molecule has 2 aromatic carbocycles. The van der Waals surface area contributed by atoms with Gasteiger partial charge < -0.3 is 25.2 Å². The van der Waals surface area contributed by atoms with Crippen LogP contribution in [0.15, 0.2) is 30.3 Å². The normalized spacial score (nSPS) is 9.79. The van der Waals surface area contributed by atoms with Crippen LogP contribution in [-0.2, 0) is 6.42 Å². The molecule has 0 aliphatic rings. The lowest BCUT2D eigenvalue weighted by molar-refractivity contribution is 0.0977. The third-order valence-electron chi connectivity index (χ3n) is 3.25. The number of aromatic hydroxyl groups is 4. The van der Waals surface area contributed by atoms with E-state index < -0.39 is 17.3 Å². The monoisotopic (exact) mass is 334 g/mol. The van der Waals surface area contributed by atoms with Gasteiger partial charge in [0.05, 0.1) is 7.11 Å². The minimum absolute atomic E-state index is 0.00593. The zero-order chi connectivity index (χ0) is 18.3. The Morgan fingerprint density at radius 1 is 0.958 bits per heavy atom. The van der Waals surface area contributed by atoms with E-state index >= 15 is 0 Å². The average molecular weight is 334 g/mol. The Morgan fingerprint density at radius 2 is 1.54 bits per heavy atom. The molecule has 130 valence electrons. The molecule has 0 atom stereocenters. The lowest BCUT2D eigenvalue weighted by Crippen LogP contribution is -2.02. The molecule has 0 aromatic heterocycles. The first-order valence-electron chi connectivity index (χ1n) is 7.56. The maximum absolute atomic E-state index is 12.1. The highest BCUT2D eigenvalue weighted by atomic mass is 16.5.